The van der Waals surface area contributed by atoms with Gasteiger partial charge in [0.05, 0.1) is 5.71 Å². The summed E-state index contributed by atoms with van der Waals surface area (Å²) in [6.07, 6.45) is 12.8. The molecule has 0 aromatic heterocycles. The van der Waals surface area contributed by atoms with Gasteiger partial charge in [-0.1, -0.05) is 102 Å². The Hall–Kier alpha value is -1.64. The van der Waals surface area contributed by atoms with Gasteiger partial charge in [0, 0.05) is 6.42 Å². The van der Waals surface area contributed by atoms with E-state index in [4.69, 9.17) is 0 Å². The lowest BCUT2D eigenvalue weighted by atomic mass is 10.0. The molecule has 0 saturated carbocycles. The van der Waals surface area contributed by atoms with Crippen LogP contribution in [0.1, 0.15) is 97.0 Å². The van der Waals surface area contributed by atoms with Crippen molar-refractivity contribution in [1.29, 1.82) is 0 Å². The number of benzene rings is 1. The average Bonchev–Trinajstić information content (AvgIpc) is 2.64. The number of hydrogen-bond donors (Lipinski definition) is 1. The monoisotopic (exact) mass is 358 g/mol. The fraction of sp³-hybridized carbons (Fsp3) is 0.652. The van der Waals surface area contributed by atoms with Crippen molar-refractivity contribution in [3.8, 4) is 0 Å². The highest BCUT2D eigenvalue weighted by Crippen LogP contribution is 2.11. The third-order valence-electron chi connectivity index (χ3n) is 4.53. The summed E-state index contributed by atoms with van der Waals surface area (Å²) in [5.74, 6) is 0.535. The fourth-order valence-electron chi connectivity index (χ4n) is 3.03. The molecule has 0 aliphatic carbocycles. The molecule has 1 aromatic rings. The molecule has 26 heavy (non-hydrogen) atoms. The topological polar surface area (TPSA) is 41.5 Å². The first-order chi connectivity index (χ1) is 12.6. The van der Waals surface area contributed by atoms with E-state index in [1.807, 2.05) is 30.3 Å². The molecule has 146 valence electrons. The molecule has 3 heteroatoms. The predicted octanol–water partition coefficient (Wildman–Crippen LogP) is 6.47. The van der Waals surface area contributed by atoms with Crippen molar-refractivity contribution in [2.45, 2.75) is 91.4 Å². The predicted molar refractivity (Wildman–Crippen MR) is 112 cm³/mol. The van der Waals surface area contributed by atoms with Crippen LogP contribution in [0.4, 0.5) is 0 Å². The maximum atomic E-state index is 12.1. The number of carbonyl (C=O) groups is 1. The van der Waals surface area contributed by atoms with Gasteiger partial charge >= 0.3 is 0 Å². The molecule has 3 nitrogen and oxygen atoms in total. The van der Waals surface area contributed by atoms with Gasteiger partial charge in [0.2, 0.25) is 5.91 Å². The van der Waals surface area contributed by atoms with Gasteiger partial charge in [0.15, 0.2) is 0 Å². The molecule has 0 unspecified atom stereocenters. The minimum atomic E-state index is 0.0325. The highest BCUT2D eigenvalue weighted by molar-refractivity contribution is 6.01. The van der Waals surface area contributed by atoms with Gasteiger partial charge in [-0.05, 0) is 24.3 Å². The summed E-state index contributed by atoms with van der Waals surface area (Å²) in [5.41, 5.74) is 4.81. The smallest absolute Gasteiger partial charge is 0.240 e. The second-order valence-corrected chi connectivity index (χ2v) is 7.64. The molecule has 1 aromatic carbocycles. The van der Waals surface area contributed by atoms with Crippen LogP contribution in [0.15, 0.2) is 35.4 Å². The van der Waals surface area contributed by atoms with Gasteiger partial charge in [-0.3, -0.25) is 4.79 Å². The minimum Gasteiger partial charge on any atom is -0.273 e. The number of carbonyl (C=O) groups excluding carboxylic acids is 1. The highest BCUT2D eigenvalue weighted by Gasteiger charge is 2.07. The van der Waals surface area contributed by atoms with Crippen LogP contribution in [0, 0.1) is 5.92 Å². The molecule has 0 fully saturated rings. The zero-order chi connectivity index (χ0) is 19.0. The lowest BCUT2D eigenvalue weighted by molar-refractivity contribution is -0.121. The molecule has 0 bridgehead atoms. The van der Waals surface area contributed by atoms with Crippen molar-refractivity contribution in [2.24, 2.45) is 11.0 Å². The molecule has 0 saturated heterocycles. The van der Waals surface area contributed by atoms with Crippen LogP contribution in [-0.2, 0) is 4.79 Å². The van der Waals surface area contributed by atoms with Gasteiger partial charge in [0.25, 0.3) is 0 Å². The molecular formula is C23H38N2O. The number of unbranched alkanes of at least 4 members (excludes halogenated alkanes) is 8. The van der Waals surface area contributed by atoms with Crippen molar-refractivity contribution in [1.82, 2.24) is 5.43 Å². The Bertz CT molecular complexity index is 508. The number of amides is 1. The summed E-state index contributed by atoms with van der Waals surface area (Å²) < 4.78 is 0. The average molecular weight is 359 g/mol. The minimum absolute atomic E-state index is 0.0325. The zero-order valence-corrected chi connectivity index (χ0v) is 17.1. The van der Waals surface area contributed by atoms with E-state index in [9.17, 15) is 4.79 Å². The molecule has 0 aliphatic rings. The normalized spacial score (nSPS) is 11.8. The van der Waals surface area contributed by atoms with E-state index < -0.39 is 0 Å². The van der Waals surface area contributed by atoms with Crippen LogP contribution in [0.25, 0.3) is 0 Å². The molecule has 1 N–H and O–H groups in total. The third-order valence-corrected chi connectivity index (χ3v) is 4.53. The van der Waals surface area contributed by atoms with Gasteiger partial charge in [-0.2, -0.15) is 5.10 Å². The van der Waals surface area contributed by atoms with Crippen LogP contribution in [0.3, 0.4) is 0 Å². The lowest BCUT2D eigenvalue weighted by Gasteiger charge is -2.10. The molecule has 0 heterocycles. The highest BCUT2D eigenvalue weighted by atomic mass is 16.2. The van der Waals surface area contributed by atoms with Crippen molar-refractivity contribution in [3.63, 3.8) is 0 Å². The Morgan fingerprint density at radius 1 is 0.923 bits per heavy atom. The Labute approximate surface area is 160 Å². The molecule has 0 spiro atoms. The second-order valence-electron chi connectivity index (χ2n) is 7.64. The van der Waals surface area contributed by atoms with Crippen LogP contribution in [0.5, 0.6) is 0 Å². The van der Waals surface area contributed by atoms with Crippen molar-refractivity contribution in [3.05, 3.63) is 35.9 Å². The molecule has 0 atom stereocenters. The summed E-state index contributed by atoms with van der Waals surface area (Å²) in [6.45, 7) is 6.59. The Morgan fingerprint density at radius 3 is 2.08 bits per heavy atom. The van der Waals surface area contributed by atoms with Gasteiger partial charge in [-0.25, -0.2) is 5.43 Å². The van der Waals surface area contributed by atoms with E-state index in [0.29, 0.717) is 12.3 Å². The largest absolute Gasteiger partial charge is 0.273 e. The first kappa shape index (κ1) is 22.4. The van der Waals surface area contributed by atoms with E-state index in [1.165, 1.54) is 44.9 Å². The number of nitrogens with zero attached hydrogens (tertiary/aromatic N) is 1. The Morgan fingerprint density at radius 2 is 1.50 bits per heavy atom. The maximum Gasteiger partial charge on any atom is 0.240 e. The standard InChI is InChI=1S/C23H38N2O/c1-4-5-6-7-8-9-10-11-15-18-23(26)25-24-22(19-20(2)3)21-16-13-12-14-17-21/h12-14,16-17,20H,4-11,15,18-19H2,1-3H3,(H,25,26). The van der Waals surface area contributed by atoms with E-state index in [2.05, 4.69) is 31.3 Å². The van der Waals surface area contributed by atoms with E-state index >= 15 is 0 Å². The van der Waals surface area contributed by atoms with Gasteiger partial charge in [0.1, 0.15) is 0 Å². The molecule has 0 aliphatic heterocycles. The molecular weight excluding hydrogens is 320 g/mol. The van der Waals surface area contributed by atoms with Crippen LogP contribution in [0.2, 0.25) is 0 Å². The van der Waals surface area contributed by atoms with Gasteiger partial charge in [-0.15, -0.1) is 0 Å². The number of hydrogen-bond acceptors (Lipinski definition) is 2. The van der Waals surface area contributed by atoms with Crippen LogP contribution in [-0.4, -0.2) is 11.6 Å². The van der Waals surface area contributed by atoms with E-state index in [0.717, 1.165) is 30.5 Å². The summed E-state index contributed by atoms with van der Waals surface area (Å²) in [5, 5.41) is 4.41. The number of rotatable bonds is 14. The summed E-state index contributed by atoms with van der Waals surface area (Å²) in [7, 11) is 0. The Kier molecular flexibility index (Phi) is 12.5. The van der Waals surface area contributed by atoms with Crippen molar-refractivity contribution >= 4 is 11.6 Å². The third kappa shape index (κ3) is 11.1. The number of nitrogens with one attached hydrogen (secondary N) is 1. The Balaban J connectivity index is 2.24. The van der Waals surface area contributed by atoms with Crippen molar-refractivity contribution in [2.75, 3.05) is 0 Å². The SMILES string of the molecule is CCCCCCCCCCCC(=O)NN=C(CC(C)C)c1ccccc1. The summed E-state index contributed by atoms with van der Waals surface area (Å²) in [6, 6.07) is 10.1. The first-order valence-electron chi connectivity index (χ1n) is 10.5. The maximum absolute atomic E-state index is 12.1. The molecule has 0 radical (unpaired) electrons. The van der Waals surface area contributed by atoms with Gasteiger partial charge < -0.3 is 0 Å². The van der Waals surface area contributed by atoms with E-state index in [-0.39, 0.29) is 5.91 Å². The van der Waals surface area contributed by atoms with E-state index in [1.54, 1.807) is 0 Å². The first-order valence-corrected chi connectivity index (χ1v) is 10.5. The molecule has 1 rings (SSSR count). The van der Waals surface area contributed by atoms with Crippen LogP contribution >= 0.6 is 0 Å². The summed E-state index contributed by atoms with van der Waals surface area (Å²) >= 11 is 0. The zero-order valence-electron chi connectivity index (χ0n) is 17.1. The number of hydrazone groups is 1. The second kappa shape index (κ2) is 14.5. The summed E-state index contributed by atoms with van der Waals surface area (Å²) in [4.78, 5) is 12.1. The quantitative estimate of drug-likeness (QED) is 0.231. The lowest BCUT2D eigenvalue weighted by Crippen LogP contribution is -2.20. The molecule has 1 amide bonds. The van der Waals surface area contributed by atoms with Crippen LogP contribution < -0.4 is 5.43 Å². The van der Waals surface area contributed by atoms with Crippen molar-refractivity contribution < 1.29 is 4.79 Å². The fourth-order valence-corrected chi connectivity index (χ4v) is 3.03.